The van der Waals surface area contributed by atoms with Gasteiger partial charge in [-0.05, 0) is 57.4 Å². The Balaban J connectivity index is 2.30. The van der Waals surface area contributed by atoms with Gasteiger partial charge in [-0.15, -0.1) is 0 Å². The predicted octanol–water partition coefficient (Wildman–Crippen LogP) is 5.84. The molecule has 0 spiro atoms. The molecule has 22 heavy (non-hydrogen) atoms. The Hall–Kier alpha value is -1.83. The molecule has 0 radical (unpaired) electrons. The molecule has 0 amide bonds. The highest BCUT2D eigenvalue weighted by molar-refractivity contribution is 9.10. The maximum absolute atomic E-state index is 9.37. The number of halogens is 2. The Bertz CT molecular complexity index is 743. The van der Waals surface area contributed by atoms with E-state index in [1.54, 1.807) is 6.08 Å². The van der Waals surface area contributed by atoms with Crippen LogP contribution in [0.3, 0.4) is 0 Å². The van der Waals surface area contributed by atoms with Crippen molar-refractivity contribution in [3.63, 3.8) is 0 Å². The molecule has 0 aliphatic heterocycles. The molecule has 0 N–H and O–H groups in total. The molecule has 4 heteroatoms. The van der Waals surface area contributed by atoms with E-state index in [9.17, 15) is 5.26 Å². The third kappa shape index (κ3) is 4.33. The maximum Gasteiger partial charge on any atom is 0.133 e. The molecule has 0 bridgehead atoms. The summed E-state index contributed by atoms with van der Waals surface area (Å²) in [5, 5.41) is 9.37. The maximum atomic E-state index is 9.37. The van der Waals surface area contributed by atoms with Crippen molar-refractivity contribution < 1.29 is 4.74 Å². The van der Waals surface area contributed by atoms with E-state index >= 15 is 0 Å². The van der Waals surface area contributed by atoms with E-state index in [1.807, 2.05) is 48.5 Å². The lowest BCUT2D eigenvalue weighted by atomic mass is 10.0. The summed E-state index contributed by atoms with van der Waals surface area (Å²) >= 11 is 6.87. The second-order valence-corrected chi connectivity index (χ2v) is 6.24. The molecule has 0 fully saturated rings. The van der Waals surface area contributed by atoms with Crippen LogP contribution in [0.5, 0.6) is 5.75 Å². The lowest BCUT2D eigenvalue weighted by Crippen LogP contribution is -1.93. The molecule has 0 saturated heterocycles. The average molecular weight is 419 g/mol. The van der Waals surface area contributed by atoms with E-state index < -0.39 is 0 Å². The molecular formula is C18H13Br2NO. The SMILES string of the molecule is C=CCOc1ccc(/C=C(/C#N)c2ccc(Br)cc2)cc1Br. The van der Waals surface area contributed by atoms with Crippen molar-refractivity contribution in [1.29, 1.82) is 5.26 Å². The van der Waals surface area contributed by atoms with Gasteiger partial charge in [0.25, 0.3) is 0 Å². The Morgan fingerprint density at radius 1 is 1.18 bits per heavy atom. The standard InChI is InChI=1S/C18H13Br2NO/c1-2-9-22-18-8-3-13(11-17(18)20)10-15(12-21)14-4-6-16(19)7-5-14/h2-8,10-11H,1,9H2/b15-10-. The van der Waals surface area contributed by atoms with Crippen molar-refractivity contribution in [3.8, 4) is 11.8 Å². The highest BCUT2D eigenvalue weighted by atomic mass is 79.9. The van der Waals surface area contributed by atoms with Crippen molar-refractivity contribution in [3.05, 3.63) is 75.2 Å². The van der Waals surface area contributed by atoms with Gasteiger partial charge in [0.15, 0.2) is 0 Å². The topological polar surface area (TPSA) is 33.0 Å². The summed E-state index contributed by atoms with van der Waals surface area (Å²) in [6.45, 7) is 4.08. The quantitative estimate of drug-likeness (QED) is 0.347. The number of rotatable bonds is 5. The van der Waals surface area contributed by atoms with E-state index in [1.165, 1.54) is 0 Å². The van der Waals surface area contributed by atoms with E-state index in [0.717, 1.165) is 25.8 Å². The van der Waals surface area contributed by atoms with Gasteiger partial charge in [-0.25, -0.2) is 0 Å². The average Bonchev–Trinajstić information content (AvgIpc) is 2.53. The van der Waals surface area contributed by atoms with Crippen LogP contribution in [-0.4, -0.2) is 6.61 Å². The molecule has 0 aliphatic carbocycles. The zero-order valence-electron chi connectivity index (χ0n) is 11.7. The molecule has 2 aromatic rings. The van der Waals surface area contributed by atoms with Gasteiger partial charge in [0.05, 0.1) is 16.1 Å². The summed E-state index contributed by atoms with van der Waals surface area (Å²) in [4.78, 5) is 0. The lowest BCUT2D eigenvalue weighted by Gasteiger charge is -2.07. The highest BCUT2D eigenvalue weighted by Gasteiger charge is 2.04. The Morgan fingerprint density at radius 2 is 1.91 bits per heavy atom. The number of ether oxygens (including phenoxy) is 1. The Morgan fingerprint density at radius 3 is 2.50 bits per heavy atom. The number of hydrogen-bond acceptors (Lipinski definition) is 2. The van der Waals surface area contributed by atoms with Crippen molar-refractivity contribution in [2.45, 2.75) is 0 Å². The van der Waals surface area contributed by atoms with Gasteiger partial charge in [-0.2, -0.15) is 5.26 Å². The summed E-state index contributed by atoms with van der Waals surface area (Å²) < 4.78 is 7.34. The zero-order chi connectivity index (χ0) is 15.9. The first-order chi connectivity index (χ1) is 10.6. The minimum atomic E-state index is 0.454. The van der Waals surface area contributed by atoms with Gasteiger partial charge < -0.3 is 4.74 Å². The molecule has 2 aromatic carbocycles. The third-order valence-electron chi connectivity index (χ3n) is 2.90. The van der Waals surface area contributed by atoms with E-state index in [-0.39, 0.29) is 0 Å². The first kappa shape index (κ1) is 16.5. The molecule has 0 saturated carbocycles. The van der Waals surface area contributed by atoms with Gasteiger partial charge in [-0.1, -0.05) is 46.8 Å². The van der Waals surface area contributed by atoms with Crippen molar-refractivity contribution in [2.75, 3.05) is 6.61 Å². The smallest absolute Gasteiger partial charge is 0.133 e. The van der Waals surface area contributed by atoms with E-state index in [0.29, 0.717) is 12.2 Å². The molecule has 0 heterocycles. The number of allylic oxidation sites excluding steroid dienone is 1. The van der Waals surface area contributed by atoms with E-state index in [2.05, 4.69) is 44.5 Å². The Labute approximate surface area is 147 Å². The van der Waals surface area contributed by atoms with Gasteiger partial charge in [0.2, 0.25) is 0 Å². The summed E-state index contributed by atoms with van der Waals surface area (Å²) in [6.07, 6.45) is 3.55. The normalized spacial score (nSPS) is 10.9. The molecule has 2 nitrogen and oxygen atoms in total. The van der Waals surface area contributed by atoms with Gasteiger partial charge >= 0.3 is 0 Å². The molecule has 110 valence electrons. The first-order valence-electron chi connectivity index (χ1n) is 6.55. The van der Waals surface area contributed by atoms with Crippen LogP contribution < -0.4 is 4.74 Å². The van der Waals surface area contributed by atoms with Crippen LogP contribution in [-0.2, 0) is 0 Å². The number of benzene rings is 2. The highest BCUT2D eigenvalue weighted by Crippen LogP contribution is 2.28. The van der Waals surface area contributed by atoms with Gasteiger partial charge in [0.1, 0.15) is 12.4 Å². The van der Waals surface area contributed by atoms with Crippen LogP contribution in [0.2, 0.25) is 0 Å². The molecule has 0 aliphatic rings. The fourth-order valence-corrected chi connectivity index (χ4v) is 2.62. The van der Waals surface area contributed by atoms with Gasteiger partial charge in [-0.3, -0.25) is 0 Å². The first-order valence-corrected chi connectivity index (χ1v) is 8.13. The minimum absolute atomic E-state index is 0.454. The predicted molar refractivity (Wildman–Crippen MR) is 97.5 cm³/mol. The van der Waals surface area contributed by atoms with Gasteiger partial charge in [0, 0.05) is 4.47 Å². The summed E-state index contributed by atoms with van der Waals surface area (Å²) in [6, 6.07) is 15.6. The van der Waals surface area contributed by atoms with Crippen LogP contribution in [0.1, 0.15) is 11.1 Å². The second-order valence-electron chi connectivity index (χ2n) is 4.47. The van der Waals surface area contributed by atoms with Crippen molar-refractivity contribution in [1.82, 2.24) is 0 Å². The van der Waals surface area contributed by atoms with E-state index in [4.69, 9.17) is 4.74 Å². The fourth-order valence-electron chi connectivity index (χ4n) is 1.85. The molecule has 2 rings (SSSR count). The van der Waals surface area contributed by atoms with Crippen molar-refractivity contribution >= 4 is 43.5 Å². The number of nitriles is 1. The molecule has 0 atom stereocenters. The fraction of sp³-hybridized carbons (Fsp3) is 0.0556. The number of nitrogens with zero attached hydrogens (tertiary/aromatic N) is 1. The molecular weight excluding hydrogens is 406 g/mol. The van der Waals surface area contributed by atoms with Crippen LogP contribution >= 0.6 is 31.9 Å². The summed E-state index contributed by atoms with van der Waals surface area (Å²) in [7, 11) is 0. The van der Waals surface area contributed by atoms with Crippen LogP contribution in [0, 0.1) is 11.3 Å². The largest absolute Gasteiger partial charge is 0.488 e. The second kappa shape index (κ2) is 7.98. The lowest BCUT2D eigenvalue weighted by molar-refractivity contribution is 0.361. The summed E-state index contributed by atoms with van der Waals surface area (Å²) in [5.74, 6) is 0.749. The molecule has 0 unspecified atom stereocenters. The Kier molecular flexibility index (Phi) is 6.00. The van der Waals surface area contributed by atoms with Crippen LogP contribution in [0.15, 0.2) is 64.1 Å². The summed E-state index contributed by atoms with van der Waals surface area (Å²) in [5.41, 5.74) is 2.42. The molecule has 0 aromatic heterocycles. The zero-order valence-corrected chi connectivity index (χ0v) is 14.9. The van der Waals surface area contributed by atoms with Crippen molar-refractivity contribution in [2.24, 2.45) is 0 Å². The number of hydrogen-bond donors (Lipinski definition) is 0. The van der Waals surface area contributed by atoms with Crippen LogP contribution in [0.25, 0.3) is 11.6 Å². The third-order valence-corrected chi connectivity index (χ3v) is 4.05. The van der Waals surface area contributed by atoms with Crippen LogP contribution in [0.4, 0.5) is 0 Å². The minimum Gasteiger partial charge on any atom is -0.488 e. The monoisotopic (exact) mass is 417 g/mol.